The van der Waals surface area contributed by atoms with Gasteiger partial charge in [0.25, 0.3) is 0 Å². The van der Waals surface area contributed by atoms with Gasteiger partial charge in [-0.15, -0.1) is 0 Å². The Morgan fingerprint density at radius 2 is 1.88 bits per heavy atom. The SMILES string of the molecule is C/C=C/C1C(N2C(=O)OCC2c2ccccc2)C(=O)N1C(C)(C)C(C)=O. The highest BCUT2D eigenvalue weighted by Gasteiger charge is 2.59. The number of hydrogen-bond acceptors (Lipinski definition) is 4. The van der Waals surface area contributed by atoms with Crippen LogP contribution in [0.4, 0.5) is 4.79 Å². The van der Waals surface area contributed by atoms with Crippen molar-refractivity contribution in [2.45, 2.75) is 51.4 Å². The summed E-state index contributed by atoms with van der Waals surface area (Å²) in [5.41, 5.74) is -0.00134. The van der Waals surface area contributed by atoms with E-state index in [1.807, 2.05) is 49.4 Å². The first-order valence-corrected chi connectivity index (χ1v) is 8.77. The van der Waals surface area contributed by atoms with Crippen LogP contribution in [0.3, 0.4) is 0 Å². The third-order valence-corrected chi connectivity index (χ3v) is 5.36. The maximum absolute atomic E-state index is 13.0. The summed E-state index contributed by atoms with van der Waals surface area (Å²) in [6.45, 7) is 7.01. The molecule has 2 aliphatic heterocycles. The van der Waals surface area contributed by atoms with Crippen LogP contribution in [-0.2, 0) is 14.3 Å². The third-order valence-electron chi connectivity index (χ3n) is 5.36. The number of amides is 2. The Morgan fingerprint density at radius 3 is 2.46 bits per heavy atom. The predicted molar refractivity (Wildman–Crippen MR) is 96.4 cm³/mol. The summed E-state index contributed by atoms with van der Waals surface area (Å²) in [5.74, 6) is -0.324. The lowest BCUT2D eigenvalue weighted by Crippen LogP contribution is -2.76. The highest BCUT2D eigenvalue weighted by molar-refractivity contribution is 5.99. The van der Waals surface area contributed by atoms with Crippen molar-refractivity contribution in [3.05, 3.63) is 48.0 Å². The van der Waals surface area contributed by atoms with E-state index in [0.717, 1.165) is 5.56 Å². The minimum absolute atomic E-state index is 0.0950. The molecule has 6 nitrogen and oxygen atoms in total. The first-order valence-electron chi connectivity index (χ1n) is 8.77. The van der Waals surface area contributed by atoms with Gasteiger partial charge in [0, 0.05) is 0 Å². The van der Waals surface area contributed by atoms with E-state index in [-0.39, 0.29) is 30.4 Å². The highest BCUT2D eigenvalue weighted by Crippen LogP contribution is 2.40. The van der Waals surface area contributed by atoms with E-state index in [0.29, 0.717) is 0 Å². The van der Waals surface area contributed by atoms with E-state index >= 15 is 0 Å². The van der Waals surface area contributed by atoms with E-state index in [1.165, 1.54) is 11.8 Å². The second-order valence-electron chi connectivity index (χ2n) is 7.20. The largest absolute Gasteiger partial charge is 0.447 e. The monoisotopic (exact) mass is 356 g/mol. The lowest BCUT2D eigenvalue weighted by molar-refractivity contribution is -0.168. The number of ether oxygens (including phenoxy) is 1. The second-order valence-corrected chi connectivity index (χ2v) is 7.20. The molecule has 2 aliphatic rings. The number of β-lactam (4-membered cyclic amide) rings is 1. The fourth-order valence-corrected chi connectivity index (χ4v) is 3.66. The molecule has 0 N–H and O–H groups in total. The summed E-state index contributed by atoms with van der Waals surface area (Å²) in [5, 5.41) is 0. The van der Waals surface area contributed by atoms with Gasteiger partial charge in [-0.3, -0.25) is 14.5 Å². The Bertz CT molecular complexity index is 756. The van der Waals surface area contributed by atoms with Crippen LogP contribution in [0.1, 0.15) is 39.3 Å². The molecule has 0 aromatic heterocycles. The quantitative estimate of drug-likeness (QED) is 0.601. The van der Waals surface area contributed by atoms with Crippen molar-refractivity contribution < 1.29 is 19.1 Å². The summed E-state index contributed by atoms with van der Waals surface area (Å²) >= 11 is 0. The molecule has 0 spiro atoms. The van der Waals surface area contributed by atoms with Gasteiger partial charge in [0.15, 0.2) is 5.78 Å². The van der Waals surface area contributed by atoms with Gasteiger partial charge in [0.1, 0.15) is 12.6 Å². The number of nitrogens with zero attached hydrogens (tertiary/aromatic N) is 2. The number of carbonyl (C=O) groups excluding carboxylic acids is 3. The number of ketones is 1. The van der Waals surface area contributed by atoms with Crippen LogP contribution in [-0.4, -0.2) is 51.8 Å². The van der Waals surface area contributed by atoms with Crippen molar-refractivity contribution in [1.82, 2.24) is 9.80 Å². The van der Waals surface area contributed by atoms with Crippen molar-refractivity contribution in [1.29, 1.82) is 0 Å². The van der Waals surface area contributed by atoms with Crippen LogP contribution in [0.2, 0.25) is 0 Å². The molecule has 2 heterocycles. The van der Waals surface area contributed by atoms with Gasteiger partial charge in [0.2, 0.25) is 5.91 Å². The van der Waals surface area contributed by atoms with Gasteiger partial charge < -0.3 is 9.64 Å². The Hall–Kier alpha value is -2.63. The van der Waals surface area contributed by atoms with Crippen LogP contribution >= 0.6 is 0 Å². The van der Waals surface area contributed by atoms with Gasteiger partial charge in [-0.25, -0.2) is 4.79 Å². The molecule has 6 heteroatoms. The average Bonchev–Trinajstić information content (AvgIpc) is 2.96. The van der Waals surface area contributed by atoms with Crippen LogP contribution in [0.15, 0.2) is 42.5 Å². The van der Waals surface area contributed by atoms with E-state index < -0.39 is 17.7 Å². The fourth-order valence-electron chi connectivity index (χ4n) is 3.66. The lowest BCUT2D eigenvalue weighted by atomic mass is 9.83. The van der Waals surface area contributed by atoms with Crippen LogP contribution < -0.4 is 0 Å². The molecule has 2 saturated heterocycles. The number of carbonyl (C=O) groups is 3. The zero-order valence-electron chi connectivity index (χ0n) is 15.5. The molecule has 3 unspecified atom stereocenters. The normalized spacial score (nSPS) is 26.2. The molecule has 0 aliphatic carbocycles. The second kappa shape index (κ2) is 6.59. The Labute approximate surface area is 153 Å². The molecular formula is C20H24N2O4. The summed E-state index contributed by atoms with van der Waals surface area (Å²) in [6.07, 6.45) is 3.21. The third kappa shape index (κ3) is 2.69. The molecule has 3 rings (SSSR count). The molecule has 0 bridgehead atoms. The van der Waals surface area contributed by atoms with E-state index in [1.54, 1.807) is 18.7 Å². The fraction of sp³-hybridized carbons (Fsp3) is 0.450. The first-order chi connectivity index (χ1) is 12.3. The maximum Gasteiger partial charge on any atom is 0.411 e. The standard InChI is InChI=1S/C20H24N2O4/c1-5-9-15-17(18(24)22(15)20(3,4)13(2)23)21-16(12-26-19(21)25)14-10-7-6-8-11-14/h5-11,15-17H,12H2,1-4H3/b9-5+. The van der Waals surface area contributed by atoms with Crippen molar-refractivity contribution in [3.8, 4) is 0 Å². The number of benzene rings is 1. The van der Waals surface area contributed by atoms with Gasteiger partial charge in [-0.2, -0.15) is 0 Å². The topological polar surface area (TPSA) is 66.9 Å². The van der Waals surface area contributed by atoms with Crippen LogP contribution in [0.5, 0.6) is 0 Å². The number of Topliss-reactive ketones (excluding diaryl/α,β-unsaturated/α-hetero) is 1. The number of allylic oxidation sites excluding steroid dienone is 1. The van der Waals surface area contributed by atoms with Gasteiger partial charge in [0.05, 0.1) is 17.6 Å². The molecule has 26 heavy (non-hydrogen) atoms. The van der Waals surface area contributed by atoms with Crippen molar-refractivity contribution in [2.75, 3.05) is 6.61 Å². The van der Waals surface area contributed by atoms with Gasteiger partial charge in [-0.05, 0) is 33.3 Å². The molecule has 138 valence electrons. The van der Waals surface area contributed by atoms with Gasteiger partial charge in [-0.1, -0.05) is 42.5 Å². The molecule has 1 aromatic carbocycles. The first kappa shape index (κ1) is 18.2. The predicted octanol–water partition coefficient (Wildman–Crippen LogP) is 2.70. The highest BCUT2D eigenvalue weighted by atomic mass is 16.6. The molecule has 3 atom stereocenters. The smallest absolute Gasteiger partial charge is 0.411 e. The molecule has 0 radical (unpaired) electrons. The zero-order chi connectivity index (χ0) is 19.1. The van der Waals surface area contributed by atoms with E-state index in [2.05, 4.69) is 0 Å². The molecule has 2 amide bonds. The Morgan fingerprint density at radius 1 is 1.23 bits per heavy atom. The number of rotatable bonds is 5. The molecule has 2 fully saturated rings. The van der Waals surface area contributed by atoms with Crippen LogP contribution in [0, 0.1) is 0 Å². The van der Waals surface area contributed by atoms with Crippen LogP contribution in [0.25, 0.3) is 0 Å². The number of likely N-dealkylation sites (tertiary alicyclic amines) is 1. The molecular weight excluding hydrogens is 332 g/mol. The summed E-state index contributed by atoms with van der Waals surface area (Å²) < 4.78 is 5.26. The Balaban J connectivity index is 1.95. The summed E-state index contributed by atoms with van der Waals surface area (Å²) in [6, 6.07) is 8.21. The average molecular weight is 356 g/mol. The lowest BCUT2D eigenvalue weighted by Gasteiger charge is -2.55. The van der Waals surface area contributed by atoms with E-state index in [4.69, 9.17) is 4.74 Å². The number of hydrogen-bond donors (Lipinski definition) is 0. The summed E-state index contributed by atoms with van der Waals surface area (Å²) in [4.78, 5) is 40.6. The maximum atomic E-state index is 13.0. The van der Waals surface area contributed by atoms with E-state index in [9.17, 15) is 14.4 Å². The molecule has 0 saturated carbocycles. The molecule has 1 aromatic rings. The Kier molecular flexibility index (Phi) is 4.61. The summed E-state index contributed by atoms with van der Waals surface area (Å²) in [7, 11) is 0. The minimum Gasteiger partial charge on any atom is -0.447 e. The van der Waals surface area contributed by atoms with Gasteiger partial charge >= 0.3 is 6.09 Å². The van der Waals surface area contributed by atoms with Crippen molar-refractivity contribution in [3.63, 3.8) is 0 Å². The van der Waals surface area contributed by atoms with Crippen molar-refractivity contribution >= 4 is 17.8 Å². The number of cyclic esters (lactones) is 1. The minimum atomic E-state index is -0.927. The zero-order valence-corrected chi connectivity index (χ0v) is 15.5. The van der Waals surface area contributed by atoms with Crippen molar-refractivity contribution in [2.24, 2.45) is 0 Å².